The van der Waals surface area contributed by atoms with Gasteiger partial charge in [-0.05, 0) is 25.3 Å². The smallest absolute Gasteiger partial charge is 0.338 e. The maximum absolute atomic E-state index is 14.4. The number of halogens is 2. The number of amides is 1. The van der Waals surface area contributed by atoms with Gasteiger partial charge in [0.05, 0.1) is 17.7 Å². The molecule has 1 N–H and O–H groups in total. The summed E-state index contributed by atoms with van der Waals surface area (Å²) in [6.45, 7) is 1.54. The first-order chi connectivity index (χ1) is 15.8. The first-order valence-electron chi connectivity index (χ1n) is 10.6. The van der Waals surface area contributed by atoms with Gasteiger partial charge in [0.2, 0.25) is 5.91 Å². The second-order valence-corrected chi connectivity index (χ2v) is 9.37. The Morgan fingerprint density at radius 1 is 1.33 bits per heavy atom. The fourth-order valence-corrected chi connectivity index (χ4v) is 5.27. The van der Waals surface area contributed by atoms with Gasteiger partial charge >= 0.3 is 5.97 Å². The topological polar surface area (TPSA) is 83.9 Å². The molecule has 1 amide bonds. The fourth-order valence-electron chi connectivity index (χ4n) is 4.46. The number of nitrogens with zero attached hydrogens (tertiary/aromatic N) is 3. The Morgan fingerprint density at radius 2 is 2.12 bits per heavy atom. The first kappa shape index (κ1) is 23.4. The predicted octanol–water partition coefficient (Wildman–Crippen LogP) is 4.10. The summed E-state index contributed by atoms with van der Waals surface area (Å²) in [4.78, 5) is 35.7. The second kappa shape index (κ2) is 9.61. The molecule has 7 nitrogen and oxygen atoms in total. The van der Waals surface area contributed by atoms with E-state index in [2.05, 4.69) is 10.3 Å². The van der Waals surface area contributed by atoms with Crippen molar-refractivity contribution in [2.75, 3.05) is 14.2 Å². The Kier molecular flexibility index (Phi) is 6.81. The maximum atomic E-state index is 14.4. The number of hydrogen-bond acceptors (Lipinski definition) is 7. The van der Waals surface area contributed by atoms with Gasteiger partial charge in [0, 0.05) is 48.8 Å². The number of methoxy groups -OCH3 is 1. The van der Waals surface area contributed by atoms with Crippen LogP contribution < -0.4 is 5.32 Å². The number of aromatic nitrogens is 1. The molecule has 0 bridgehead atoms. The van der Waals surface area contributed by atoms with E-state index in [9.17, 15) is 14.0 Å². The van der Waals surface area contributed by atoms with Crippen molar-refractivity contribution in [1.29, 1.82) is 0 Å². The van der Waals surface area contributed by atoms with Gasteiger partial charge < -0.3 is 15.0 Å². The summed E-state index contributed by atoms with van der Waals surface area (Å²) in [5, 5.41) is 5.70. The molecule has 10 heteroatoms. The summed E-state index contributed by atoms with van der Waals surface area (Å²) in [6.07, 6.45) is 3.91. The van der Waals surface area contributed by atoms with Crippen molar-refractivity contribution in [3.8, 4) is 0 Å². The quantitative estimate of drug-likeness (QED) is 0.638. The average molecular weight is 491 g/mol. The summed E-state index contributed by atoms with van der Waals surface area (Å²) in [5.74, 6) is -0.719. The molecule has 0 saturated heterocycles. The number of benzene rings is 1. The molecule has 1 aliphatic carbocycles. The van der Waals surface area contributed by atoms with Crippen LogP contribution in [0.5, 0.6) is 0 Å². The minimum absolute atomic E-state index is 0.00567. The van der Waals surface area contributed by atoms with Crippen molar-refractivity contribution in [1.82, 2.24) is 15.2 Å². The molecule has 4 rings (SSSR count). The van der Waals surface area contributed by atoms with Crippen LogP contribution in [0.1, 0.15) is 42.8 Å². The van der Waals surface area contributed by atoms with Gasteiger partial charge in [-0.25, -0.2) is 14.2 Å². The molecule has 0 spiro atoms. The minimum atomic E-state index is -0.861. The maximum Gasteiger partial charge on any atom is 0.338 e. The molecule has 2 heterocycles. The minimum Gasteiger partial charge on any atom is -0.466 e. The van der Waals surface area contributed by atoms with Crippen molar-refractivity contribution >= 4 is 40.6 Å². The zero-order valence-corrected chi connectivity index (χ0v) is 20.0. The number of thiazole rings is 1. The highest BCUT2D eigenvalue weighted by Crippen LogP contribution is 2.42. The van der Waals surface area contributed by atoms with E-state index in [-0.39, 0.29) is 22.9 Å². The third kappa shape index (κ3) is 4.52. The van der Waals surface area contributed by atoms with E-state index in [1.54, 1.807) is 37.2 Å². The van der Waals surface area contributed by atoms with Crippen LogP contribution in [0.2, 0.25) is 5.02 Å². The summed E-state index contributed by atoms with van der Waals surface area (Å²) in [6, 6.07) is 3.66. The van der Waals surface area contributed by atoms with Gasteiger partial charge in [0.1, 0.15) is 11.9 Å². The summed E-state index contributed by atoms with van der Waals surface area (Å²) >= 11 is 7.72. The van der Waals surface area contributed by atoms with E-state index in [1.165, 1.54) is 24.5 Å². The Morgan fingerprint density at radius 3 is 2.79 bits per heavy atom. The van der Waals surface area contributed by atoms with E-state index in [0.717, 1.165) is 12.8 Å². The van der Waals surface area contributed by atoms with Crippen LogP contribution in [-0.2, 0) is 14.3 Å². The van der Waals surface area contributed by atoms with Crippen LogP contribution in [0, 0.1) is 11.7 Å². The molecular formula is C23H24ClFN4O3S. The molecule has 174 valence electrons. The van der Waals surface area contributed by atoms with Gasteiger partial charge in [0.15, 0.2) is 10.8 Å². The number of esters is 1. The predicted molar refractivity (Wildman–Crippen MR) is 125 cm³/mol. The number of hydrogen-bond donors (Lipinski definition) is 1. The van der Waals surface area contributed by atoms with E-state index in [4.69, 9.17) is 21.3 Å². The summed E-state index contributed by atoms with van der Waals surface area (Å²) in [5.41, 5.74) is 1.33. The van der Waals surface area contributed by atoms with Crippen LogP contribution in [0.25, 0.3) is 0 Å². The number of amidine groups is 1. The molecule has 1 aliphatic heterocycles. The molecule has 3 unspecified atom stereocenters. The number of allylic oxidation sites excluding steroid dienone is 1. The molecule has 1 saturated carbocycles. The molecule has 1 aromatic carbocycles. The van der Waals surface area contributed by atoms with Crippen LogP contribution in [0.4, 0.5) is 4.39 Å². The summed E-state index contributed by atoms with van der Waals surface area (Å²) in [7, 11) is 3.09. The number of ether oxygens (including phenoxy) is 1. The molecule has 1 fully saturated rings. The molecule has 1 aromatic heterocycles. The lowest BCUT2D eigenvalue weighted by Crippen LogP contribution is -2.37. The SMILES string of the molecule is COC(=O)C1=C(C2CCC(N(C)C(C)=O)C2)NC(c2nccs2)=NC1c1cccc(F)c1Cl. The lowest BCUT2D eigenvalue weighted by atomic mass is 9.89. The number of carbonyl (C=O) groups excluding carboxylic acids is 2. The molecule has 2 aromatic rings. The van der Waals surface area contributed by atoms with E-state index in [1.807, 2.05) is 5.38 Å². The highest BCUT2D eigenvalue weighted by molar-refractivity contribution is 7.11. The van der Waals surface area contributed by atoms with Gasteiger partial charge in [-0.15, -0.1) is 11.3 Å². The third-order valence-electron chi connectivity index (χ3n) is 6.25. The van der Waals surface area contributed by atoms with Crippen LogP contribution in [-0.4, -0.2) is 47.8 Å². The van der Waals surface area contributed by atoms with Crippen molar-refractivity contribution in [2.45, 2.75) is 38.3 Å². The van der Waals surface area contributed by atoms with Crippen LogP contribution >= 0.6 is 22.9 Å². The van der Waals surface area contributed by atoms with E-state index < -0.39 is 17.8 Å². The molecule has 3 atom stereocenters. The van der Waals surface area contributed by atoms with Gasteiger partial charge in [0.25, 0.3) is 0 Å². The Labute approximate surface area is 200 Å². The highest BCUT2D eigenvalue weighted by atomic mass is 35.5. The number of carbonyl (C=O) groups is 2. The molecular weight excluding hydrogens is 467 g/mol. The standard InChI is InChI=1S/C23H24ClFN4O3S/c1-12(30)29(2)14-8-7-13(11-14)19-17(23(31)32-3)20(15-5-4-6-16(25)18(15)24)28-21(27-19)22-26-9-10-33-22/h4-6,9-10,13-14,20H,7-8,11H2,1-3H3,(H,27,28). The molecule has 33 heavy (non-hydrogen) atoms. The first-order valence-corrected chi connectivity index (χ1v) is 11.8. The Balaban J connectivity index is 1.83. The van der Waals surface area contributed by atoms with E-state index in [0.29, 0.717) is 34.1 Å². The fraction of sp³-hybridized carbons (Fsp3) is 0.391. The zero-order chi connectivity index (χ0) is 23.7. The van der Waals surface area contributed by atoms with Crippen LogP contribution in [0.15, 0.2) is 46.0 Å². The summed E-state index contributed by atoms with van der Waals surface area (Å²) < 4.78 is 19.5. The molecule has 2 aliphatic rings. The second-order valence-electron chi connectivity index (χ2n) is 8.10. The zero-order valence-electron chi connectivity index (χ0n) is 18.5. The Hall–Kier alpha value is -2.78. The number of aliphatic imine (C=N–C) groups is 1. The monoisotopic (exact) mass is 490 g/mol. The van der Waals surface area contributed by atoms with Crippen molar-refractivity contribution in [3.63, 3.8) is 0 Å². The van der Waals surface area contributed by atoms with Crippen molar-refractivity contribution in [3.05, 3.63) is 62.5 Å². The number of rotatable bonds is 5. The number of nitrogens with one attached hydrogen (secondary N) is 1. The van der Waals surface area contributed by atoms with Gasteiger partial charge in [-0.2, -0.15) is 0 Å². The lowest BCUT2D eigenvalue weighted by Gasteiger charge is -2.30. The average Bonchev–Trinajstić information content (AvgIpc) is 3.51. The van der Waals surface area contributed by atoms with Gasteiger partial charge in [-0.1, -0.05) is 23.7 Å². The normalized spacial score (nSPS) is 22.6. The van der Waals surface area contributed by atoms with Crippen LogP contribution in [0.3, 0.4) is 0 Å². The Bertz CT molecular complexity index is 1130. The van der Waals surface area contributed by atoms with E-state index >= 15 is 0 Å². The highest BCUT2D eigenvalue weighted by Gasteiger charge is 2.40. The van der Waals surface area contributed by atoms with Crippen molar-refractivity contribution in [2.24, 2.45) is 10.9 Å². The largest absolute Gasteiger partial charge is 0.466 e. The molecule has 0 radical (unpaired) electrons. The third-order valence-corrected chi connectivity index (χ3v) is 7.43. The lowest BCUT2D eigenvalue weighted by molar-refractivity contribution is -0.136. The van der Waals surface area contributed by atoms with Gasteiger partial charge in [-0.3, -0.25) is 9.79 Å². The van der Waals surface area contributed by atoms with Crippen molar-refractivity contribution < 1.29 is 18.7 Å².